The molecule has 1 heterocycles. The van der Waals surface area contributed by atoms with Crippen molar-refractivity contribution in [1.82, 2.24) is 10.2 Å². The molecule has 5 rings (SSSR count). The third-order valence-electron chi connectivity index (χ3n) is 6.96. The summed E-state index contributed by atoms with van der Waals surface area (Å²) in [6.45, 7) is 0.309. The molecule has 3 aliphatic rings. The third kappa shape index (κ3) is 3.88. The number of carboxylic acid groups (broad SMARTS) is 1. The van der Waals surface area contributed by atoms with Crippen LogP contribution in [0.5, 0.6) is 0 Å². The monoisotopic (exact) mass is 444 g/mol. The Balaban J connectivity index is 1.30. The number of nitrogens with zero attached hydrogens (tertiary/aromatic N) is 1. The lowest BCUT2D eigenvalue weighted by Crippen LogP contribution is -2.48. The van der Waals surface area contributed by atoms with Crippen molar-refractivity contribution in [3.05, 3.63) is 70.8 Å². The zero-order valence-corrected chi connectivity index (χ0v) is 17.2. The average Bonchev–Trinajstić information content (AvgIpc) is 3.67. The van der Waals surface area contributed by atoms with Crippen molar-refractivity contribution in [1.29, 1.82) is 0 Å². The Morgan fingerprint density at radius 3 is 2.44 bits per heavy atom. The topological polar surface area (TPSA) is 69.6 Å². The zero-order valence-electron chi connectivity index (χ0n) is 17.2. The van der Waals surface area contributed by atoms with Gasteiger partial charge in [-0.05, 0) is 60.9 Å². The van der Waals surface area contributed by atoms with E-state index in [1.165, 1.54) is 18.2 Å². The minimum Gasteiger partial charge on any atom is -0.478 e. The third-order valence-corrected chi connectivity index (χ3v) is 6.96. The number of amides is 1. The number of rotatable bonds is 6. The van der Waals surface area contributed by atoms with Crippen molar-refractivity contribution < 1.29 is 27.9 Å². The van der Waals surface area contributed by atoms with Crippen molar-refractivity contribution in [2.45, 2.75) is 56.0 Å². The molecule has 2 N–H and O–H groups in total. The molecule has 168 valence electrons. The number of halogens is 3. The number of piperidine rings is 1. The summed E-state index contributed by atoms with van der Waals surface area (Å²) in [4.78, 5) is 26.3. The normalized spacial score (nSPS) is 25.8. The van der Waals surface area contributed by atoms with Gasteiger partial charge in [-0.1, -0.05) is 30.3 Å². The van der Waals surface area contributed by atoms with Crippen molar-refractivity contribution in [2.24, 2.45) is 5.92 Å². The van der Waals surface area contributed by atoms with Crippen molar-refractivity contribution in [3.8, 4) is 0 Å². The molecule has 0 aromatic heterocycles. The van der Waals surface area contributed by atoms with Gasteiger partial charge in [0, 0.05) is 12.6 Å². The quantitative estimate of drug-likeness (QED) is 0.702. The fourth-order valence-electron chi connectivity index (χ4n) is 4.95. The Labute approximate surface area is 183 Å². The van der Waals surface area contributed by atoms with E-state index in [1.807, 2.05) is 4.90 Å². The van der Waals surface area contributed by atoms with Crippen LogP contribution in [0.3, 0.4) is 0 Å². The van der Waals surface area contributed by atoms with E-state index >= 15 is 0 Å². The first-order chi connectivity index (χ1) is 15.2. The molecule has 2 aliphatic carbocycles. The minimum atomic E-state index is -4.39. The van der Waals surface area contributed by atoms with Crippen molar-refractivity contribution in [2.75, 3.05) is 0 Å². The Bertz CT molecular complexity index is 1060. The summed E-state index contributed by atoms with van der Waals surface area (Å²) in [5.74, 6) is -0.689. The molecule has 0 spiro atoms. The molecule has 32 heavy (non-hydrogen) atoms. The number of aromatic carboxylic acids is 1. The molecule has 3 atom stereocenters. The lowest BCUT2D eigenvalue weighted by molar-refractivity contribution is -0.137. The maximum absolute atomic E-state index is 13.2. The smallest absolute Gasteiger partial charge is 0.416 e. The van der Waals surface area contributed by atoms with Crippen LogP contribution in [0.25, 0.3) is 0 Å². The van der Waals surface area contributed by atoms with Gasteiger partial charge in [-0.2, -0.15) is 13.2 Å². The fourth-order valence-corrected chi connectivity index (χ4v) is 4.95. The maximum Gasteiger partial charge on any atom is 0.416 e. The second kappa shape index (κ2) is 7.33. The molecule has 1 saturated heterocycles. The second-order valence-electron chi connectivity index (χ2n) is 9.14. The molecule has 0 radical (unpaired) electrons. The van der Waals surface area contributed by atoms with E-state index in [2.05, 4.69) is 5.32 Å². The predicted molar refractivity (Wildman–Crippen MR) is 110 cm³/mol. The number of alkyl halides is 3. The minimum absolute atomic E-state index is 0.107. The van der Waals surface area contributed by atoms with Crippen LogP contribution in [-0.2, 0) is 23.1 Å². The molecule has 1 aliphatic heterocycles. The van der Waals surface area contributed by atoms with E-state index in [9.17, 15) is 22.8 Å². The molecule has 2 saturated carbocycles. The molecular weight excluding hydrogens is 421 g/mol. The average molecular weight is 444 g/mol. The largest absolute Gasteiger partial charge is 0.478 e. The highest BCUT2D eigenvalue weighted by Gasteiger charge is 2.55. The van der Waals surface area contributed by atoms with E-state index in [-0.39, 0.29) is 23.6 Å². The number of fused-ring (bicyclic) bond motifs is 1. The Morgan fingerprint density at radius 1 is 1.09 bits per heavy atom. The van der Waals surface area contributed by atoms with Gasteiger partial charge in [0.1, 0.15) is 0 Å². The number of carboxylic acids is 1. The summed E-state index contributed by atoms with van der Waals surface area (Å²) >= 11 is 0. The van der Waals surface area contributed by atoms with E-state index in [4.69, 9.17) is 5.11 Å². The summed E-state index contributed by atoms with van der Waals surface area (Å²) in [7, 11) is 0. The lowest BCUT2D eigenvalue weighted by Gasteiger charge is -2.29. The highest BCUT2D eigenvalue weighted by Crippen LogP contribution is 2.50. The van der Waals surface area contributed by atoms with Crippen LogP contribution in [0.15, 0.2) is 48.5 Å². The molecule has 0 unspecified atom stereocenters. The Morgan fingerprint density at radius 2 is 1.81 bits per heavy atom. The SMILES string of the molecule is O=C(O)c1ccc(C2(NC(=O)[C@H]3C[C@@H]4C[C@H]4N3Cc3cccc(C(F)(F)F)c3)CC2)cc1. The van der Waals surface area contributed by atoms with Crippen LogP contribution in [0.1, 0.15) is 52.7 Å². The van der Waals surface area contributed by atoms with E-state index in [0.29, 0.717) is 24.4 Å². The molecule has 2 aromatic rings. The maximum atomic E-state index is 13.2. The van der Waals surface area contributed by atoms with Crippen LogP contribution < -0.4 is 5.32 Å². The molecule has 1 amide bonds. The molecular formula is C24H23F3N2O3. The summed E-state index contributed by atoms with van der Waals surface area (Å²) in [6.07, 6.45) is -1.15. The summed E-state index contributed by atoms with van der Waals surface area (Å²) < 4.78 is 39.3. The van der Waals surface area contributed by atoms with E-state index < -0.39 is 23.2 Å². The van der Waals surface area contributed by atoms with Crippen molar-refractivity contribution in [3.63, 3.8) is 0 Å². The summed E-state index contributed by atoms with van der Waals surface area (Å²) in [5.41, 5.74) is 0.463. The van der Waals surface area contributed by atoms with Gasteiger partial charge < -0.3 is 10.4 Å². The Kier molecular flexibility index (Phi) is 4.81. The molecule has 0 bridgehead atoms. The van der Waals surface area contributed by atoms with Crippen molar-refractivity contribution >= 4 is 11.9 Å². The van der Waals surface area contributed by atoms with E-state index in [0.717, 1.165) is 37.0 Å². The van der Waals surface area contributed by atoms with Gasteiger partial charge in [-0.3, -0.25) is 9.69 Å². The number of carbonyl (C=O) groups is 2. The van der Waals surface area contributed by atoms with Gasteiger partial charge in [-0.15, -0.1) is 0 Å². The first-order valence-electron chi connectivity index (χ1n) is 10.7. The van der Waals surface area contributed by atoms with Gasteiger partial charge in [0.25, 0.3) is 0 Å². The highest BCUT2D eigenvalue weighted by atomic mass is 19.4. The van der Waals surface area contributed by atoms with Gasteiger partial charge in [0.05, 0.1) is 22.7 Å². The highest BCUT2D eigenvalue weighted by molar-refractivity contribution is 5.87. The van der Waals surface area contributed by atoms with Crippen LogP contribution >= 0.6 is 0 Å². The molecule has 3 fully saturated rings. The van der Waals surface area contributed by atoms with Crippen LogP contribution in [-0.4, -0.2) is 34.0 Å². The first kappa shape index (κ1) is 21.0. The number of benzene rings is 2. The second-order valence-corrected chi connectivity index (χ2v) is 9.14. The number of hydrogen-bond acceptors (Lipinski definition) is 3. The summed E-state index contributed by atoms with van der Waals surface area (Å²) in [6, 6.07) is 11.7. The zero-order chi connectivity index (χ0) is 22.7. The number of hydrogen-bond donors (Lipinski definition) is 2. The number of likely N-dealkylation sites (tertiary alicyclic amines) is 1. The summed E-state index contributed by atoms with van der Waals surface area (Å²) in [5, 5.41) is 12.2. The number of nitrogens with one attached hydrogen (secondary N) is 1. The van der Waals surface area contributed by atoms with Gasteiger partial charge >= 0.3 is 12.1 Å². The molecule has 8 heteroatoms. The van der Waals surface area contributed by atoms with Crippen LogP contribution in [0, 0.1) is 5.92 Å². The number of carbonyl (C=O) groups excluding carboxylic acids is 1. The van der Waals surface area contributed by atoms with Gasteiger partial charge in [-0.25, -0.2) is 4.79 Å². The standard InChI is InChI=1S/C24H23F3N2O3/c25-24(26,27)18-3-1-2-14(10-18)13-29-19-11-16(19)12-20(29)21(30)28-23(8-9-23)17-6-4-15(5-7-17)22(31)32/h1-7,10,16,19-20H,8-9,11-13H2,(H,28,30)(H,31,32)/t16-,19+,20+/m0/s1. The van der Waals surface area contributed by atoms with Crippen LogP contribution in [0.4, 0.5) is 13.2 Å². The van der Waals surface area contributed by atoms with E-state index in [1.54, 1.807) is 18.2 Å². The molecule has 2 aromatic carbocycles. The molecule has 5 nitrogen and oxygen atoms in total. The van der Waals surface area contributed by atoms with Gasteiger partial charge in [0.15, 0.2) is 0 Å². The fraction of sp³-hybridized carbons (Fsp3) is 0.417. The first-order valence-corrected chi connectivity index (χ1v) is 10.7. The Hall–Kier alpha value is -2.87. The van der Waals surface area contributed by atoms with Gasteiger partial charge in [0.2, 0.25) is 5.91 Å². The predicted octanol–water partition coefficient (Wildman–Crippen LogP) is 4.17. The lowest BCUT2D eigenvalue weighted by atomic mass is 10.0. The van der Waals surface area contributed by atoms with Crippen LogP contribution in [0.2, 0.25) is 0 Å².